The van der Waals surface area contributed by atoms with Crippen LogP contribution in [0.15, 0.2) is 207 Å². The average molecular weight is 1050 g/mol. The Labute approximate surface area is 404 Å². The van der Waals surface area contributed by atoms with E-state index in [1.165, 1.54) is 29.3 Å². The maximum atomic E-state index is 16.6. The first kappa shape index (κ1) is 44.7. The summed E-state index contributed by atoms with van der Waals surface area (Å²) >= 11 is 0. The fraction of sp³-hybridized carbons (Fsp3) is 0.0656. The fourth-order valence-corrected chi connectivity index (χ4v) is 8.47. The molecule has 3 heterocycles. The first-order valence-electron chi connectivity index (χ1n) is 22.1. The van der Waals surface area contributed by atoms with E-state index in [9.17, 15) is 4.39 Å². The Bertz CT molecular complexity index is 3130. The van der Waals surface area contributed by atoms with Crippen LogP contribution in [0.5, 0.6) is 0 Å². The summed E-state index contributed by atoms with van der Waals surface area (Å²) < 4.78 is 30.4. The molecule has 0 atom stereocenters. The maximum absolute atomic E-state index is 16.6. The number of halogens is 2. The normalized spacial score (nSPS) is 11.0. The van der Waals surface area contributed by atoms with E-state index in [2.05, 4.69) is 78.9 Å². The summed E-state index contributed by atoms with van der Waals surface area (Å²) in [4.78, 5) is 14.5. The van der Waals surface area contributed by atoms with Crippen LogP contribution >= 0.6 is 0 Å². The van der Waals surface area contributed by atoms with Gasteiger partial charge in [-0.15, -0.1) is 108 Å². The SMILES string of the molecule is Fc1ccc(-c2ccc(-c3cc(-c4[c-]cccc4)ncc3-c3ccccc3-c3cc(CCc4ccc(-c5[c-]cccc5)nc4)cc(CCc4ccc(-c5[c-]cccc5)nc4)c3)c(F)c2)cc1.[Ir+3]. The Balaban J connectivity index is 0.00000562. The van der Waals surface area contributed by atoms with E-state index < -0.39 is 0 Å². The minimum Gasteiger partial charge on any atom is -0.304 e. The molecule has 0 aliphatic heterocycles. The van der Waals surface area contributed by atoms with E-state index in [-0.39, 0.29) is 31.7 Å². The Morgan fingerprint density at radius 3 is 1.37 bits per heavy atom. The van der Waals surface area contributed by atoms with Gasteiger partial charge in [0.05, 0.1) is 0 Å². The van der Waals surface area contributed by atoms with E-state index in [1.807, 2.05) is 116 Å². The molecule has 10 rings (SSSR count). The summed E-state index contributed by atoms with van der Waals surface area (Å²) in [5.41, 5.74) is 16.3. The van der Waals surface area contributed by atoms with Gasteiger partial charge >= 0.3 is 20.1 Å². The van der Waals surface area contributed by atoms with Crippen LogP contribution in [0.2, 0.25) is 0 Å². The number of aromatic nitrogens is 3. The number of pyridine rings is 3. The van der Waals surface area contributed by atoms with Crippen molar-refractivity contribution in [3.05, 3.63) is 259 Å². The van der Waals surface area contributed by atoms with Crippen LogP contribution in [0.25, 0.3) is 78.3 Å². The quantitative estimate of drug-likeness (QED) is 0.108. The molecule has 0 N–H and O–H groups in total. The third kappa shape index (κ3) is 10.5. The summed E-state index contributed by atoms with van der Waals surface area (Å²) in [6.45, 7) is 0. The van der Waals surface area contributed by atoms with Crippen molar-refractivity contribution in [1.29, 1.82) is 0 Å². The molecule has 0 fully saturated rings. The standard InChI is InChI=1S/C61H42F2N3.Ir/c62-52-29-26-46(27-30-52)50-28-31-55(58(63)37-50)56-38-61(49-16-8-3-9-17-49)66-41-57(56)54-19-11-10-18-53(54)51-35-44(22-20-42-24-32-59(64-39-42)47-12-4-1-5-13-47)34-45(36-51)23-21-43-25-33-60(65-40-43)48-14-6-2-7-15-48;/h1-12,14,16,18-19,24-41H,20-23H2;/q-3;+3. The number of benzene rings is 7. The molecular formula is C61H42F2IrN3. The van der Waals surface area contributed by atoms with Gasteiger partial charge in [-0.2, -0.15) is 0 Å². The number of hydrogen-bond donors (Lipinski definition) is 0. The van der Waals surface area contributed by atoms with E-state index in [4.69, 9.17) is 15.0 Å². The molecule has 3 nitrogen and oxygen atoms in total. The second-order valence-electron chi connectivity index (χ2n) is 16.3. The molecule has 0 radical (unpaired) electrons. The monoisotopic (exact) mass is 1050 g/mol. The zero-order valence-corrected chi connectivity index (χ0v) is 38.8. The van der Waals surface area contributed by atoms with Crippen molar-refractivity contribution in [2.75, 3.05) is 0 Å². The molecule has 0 saturated carbocycles. The van der Waals surface area contributed by atoms with E-state index in [0.29, 0.717) is 22.4 Å². The first-order chi connectivity index (χ1) is 32.5. The van der Waals surface area contributed by atoms with Crippen LogP contribution in [0, 0.1) is 29.8 Å². The third-order valence-corrected chi connectivity index (χ3v) is 11.9. The Morgan fingerprint density at radius 2 is 0.851 bits per heavy atom. The topological polar surface area (TPSA) is 38.7 Å². The summed E-state index contributed by atoms with van der Waals surface area (Å²) in [6.07, 6.45) is 9.05. The van der Waals surface area contributed by atoms with Gasteiger partial charge in [0.25, 0.3) is 0 Å². The van der Waals surface area contributed by atoms with Gasteiger partial charge in [0.2, 0.25) is 0 Å². The molecule has 0 saturated heterocycles. The van der Waals surface area contributed by atoms with Gasteiger partial charge in [0, 0.05) is 29.7 Å². The van der Waals surface area contributed by atoms with Gasteiger partial charge in [-0.1, -0.05) is 97.1 Å². The smallest absolute Gasteiger partial charge is 0.304 e. The van der Waals surface area contributed by atoms with Crippen LogP contribution in [-0.4, -0.2) is 15.0 Å². The molecule has 0 aliphatic carbocycles. The van der Waals surface area contributed by atoms with E-state index >= 15 is 4.39 Å². The van der Waals surface area contributed by atoms with E-state index in [1.54, 1.807) is 12.1 Å². The second kappa shape index (κ2) is 20.8. The molecule has 6 heteroatoms. The second-order valence-corrected chi connectivity index (χ2v) is 16.3. The Hall–Kier alpha value is -7.50. The third-order valence-electron chi connectivity index (χ3n) is 11.9. The molecule has 0 spiro atoms. The van der Waals surface area contributed by atoms with Crippen molar-refractivity contribution in [1.82, 2.24) is 15.0 Å². The number of nitrogens with zero attached hydrogens (tertiary/aromatic N) is 3. The predicted octanol–water partition coefficient (Wildman–Crippen LogP) is 14.8. The molecule has 0 unspecified atom stereocenters. The molecule has 0 aliphatic rings. The van der Waals surface area contributed by atoms with Gasteiger partial charge in [0.1, 0.15) is 11.6 Å². The van der Waals surface area contributed by atoms with Gasteiger partial charge < -0.3 is 15.0 Å². The molecular weight excluding hydrogens is 1000 g/mol. The first-order valence-corrected chi connectivity index (χ1v) is 22.1. The molecule has 3 aromatic heterocycles. The van der Waals surface area contributed by atoms with Crippen molar-refractivity contribution in [3.63, 3.8) is 0 Å². The van der Waals surface area contributed by atoms with Crippen molar-refractivity contribution in [2.24, 2.45) is 0 Å². The van der Waals surface area contributed by atoms with Crippen LogP contribution < -0.4 is 0 Å². The molecule has 0 bridgehead atoms. The summed E-state index contributed by atoms with van der Waals surface area (Å²) in [6, 6.07) is 70.2. The maximum Gasteiger partial charge on any atom is 3.00 e. The largest absolute Gasteiger partial charge is 3.00 e. The Morgan fingerprint density at radius 1 is 0.343 bits per heavy atom. The number of hydrogen-bond acceptors (Lipinski definition) is 3. The predicted molar refractivity (Wildman–Crippen MR) is 262 cm³/mol. The zero-order chi connectivity index (χ0) is 44.7. The molecule has 324 valence electrons. The molecule has 67 heavy (non-hydrogen) atoms. The molecule has 7 aromatic carbocycles. The summed E-state index contributed by atoms with van der Waals surface area (Å²) in [5.74, 6) is -0.725. The van der Waals surface area contributed by atoms with Gasteiger partial charge in [0.15, 0.2) is 0 Å². The van der Waals surface area contributed by atoms with Crippen LogP contribution in [0.3, 0.4) is 0 Å². The fourth-order valence-electron chi connectivity index (χ4n) is 8.47. The average Bonchev–Trinajstić information content (AvgIpc) is 3.38. The summed E-state index contributed by atoms with van der Waals surface area (Å²) in [5, 5.41) is 0. The van der Waals surface area contributed by atoms with Crippen molar-refractivity contribution in [3.8, 4) is 78.3 Å². The van der Waals surface area contributed by atoms with Crippen molar-refractivity contribution >= 4 is 0 Å². The Kier molecular flexibility index (Phi) is 13.9. The van der Waals surface area contributed by atoms with Crippen molar-refractivity contribution in [2.45, 2.75) is 25.7 Å². The molecule has 10 aromatic rings. The van der Waals surface area contributed by atoms with E-state index in [0.717, 1.165) is 92.7 Å². The number of aryl methyl sites for hydroxylation is 4. The van der Waals surface area contributed by atoms with Crippen molar-refractivity contribution < 1.29 is 28.9 Å². The summed E-state index contributed by atoms with van der Waals surface area (Å²) in [7, 11) is 0. The van der Waals surface area contributed by atoms with Gasteiger partial charge in [-0.3, -0.25) is 0 Å². The minimum absolute atomic E-state index is 0. The molecule has 0 amide bonds. The van der Waals surface area contributed by atoms with Crippen LogP contribution in [0.4, 0.5) is 8.78 Å². The van der Waals surface area contributed by atoms with Gasteiger partial charge in [-0.05, 0) is 117 Å². The van der Waals surface area contributed by atoms with Crippen LogP contribution in [0.1, 0.15) is 22.3 Å². The zero-order valence-electron chi connectivity index (χ0n) is 36.4. The number of rotatable bonds is 13. The van der Waals surface area contributed by atoms with Crippen LogP contribution in [-0.2, 0) is 45.8 Å². The minimum atomic E-state index is -0.386. The van der Waals surface area contributed by atoms with Gasteiger partial charge in [-0.25, -0.2) is 8.78 Å².